The van der Waals surface area contributed by atoms with Crippen LogP contribution in [0.3, 0.4) is 0 Å². The molecular formula is C17H16Cl4N4S. The van der Waals surface area contributed by atoms with Crippen molar-refractivity contribution in [2.45, 2.75) is 6.54 Å². The molecule has 0 unspecified atom stereocenters. The van der Waals surface area contributed by atoms with E-state index in [-0.39, 0.29) is 0 Å². The molecule has 2 aromatic rings. The Hall–Kier alpha value is -0.980. The average molecular weight is 450 g/mol. The summed E-state index contributed by atoms with van der Waals surface area (Å²) in [5.41, 5.74) is 1.78. The van der Waals surface area contributed by atoms with Crippen LogP contribution < -0.4 is 10.2 Å². The molecule has 0 atom stereocenters. The lowest BCUT2D eigenvalue weighted by atomic mass is 10.2. The summed E-state index contributed by atoms with van der Waals surface area (Å²) in [6.07, 6.45) is 3.22. The van der Waals surface area contributed by atoms with Crippen LogP contribution in [0.5, 0.6) is 0 Å². The molecule has 1 aromatic heterocycles. The highest BCUT2D eigenvalue weighted by atomic mass is 35.5. The van der Waals surface area contributed by atoms with Gasteiger partial charge in [-0.3, -0.25) is 4.98 Å². The second kappa shape index (κ2) is 8.81. The van der Waals surface area contributed by atoms with Gasteiger partial charge in [-0.25, -0.2) is 0 Å². The Kier molecular flexibility index (Phi) is 6.70. The first-order valence-electron chi connectivity index (χ1n) is 7.96. The number of nitrogens with zero attached hydrogens (tertiary/aromatic N) is 3. The van der Waals surface area contributed by atoms with Crippen molar-refractivity contribution in [3.63, 3.8) is 0 Å². The summed E-state index contributed by atoms with van der Waals surface area (Å²) in [4.78, 5) is 8.28. The van der Waals surface area contributed by atoms with Crippen LogP contribution in [0.25, 0.3) is 0 Å². The monoisotopic (exact) mass is 448 g/mol. The van der Waals surface area contributed by atoms with Crippen LogP contribution in [0.1, 0.15) is 5.56 Å². The topological polar surface area (TPSA) is 31.4 Å². The van der Waals surface area contributed by atoms with Crippen LogP contribution >= 0.6 is 58.6 Å². The Balaban J connectivity index is 1.55. The minimum atomic E-state index is 0.553. The van der Waals surface area contributed by atoms with E-state index in [2.05, 4.69) is 20.1 Å². The van der Waals surface area contributed by atoms with Gasteiger partial charge in [0.2, 0.25) is 0 Å². The zero-order valence-electron chi connectivity index (χ0n) is 13.7. The first-order chi connectivity index (χ1) is 12.5. The summed E-state index contributed by atoms with van der Waals surface area (Å²) in [7, 11) is 0. The van der Waals surface area contributed by atoms with Gasteiger partial charge in [0.25, 0.3) is 0 Å². The van der Waals surface area contributed by atoms with Gasteiger partial charge in [0, 0.05) is 55.2 Å². The van der Waals surface area contributed by atoms with Crippen LogP contribution in [0, 0.1) is 0 Å². The molecule has 0 bridgehead atoms. The maximum Gasteiger partial charge on any atom is 0.169 e. The fourth-order valence-electron chi connectivity index (χ4n) is 2.79. The molecule has 3 rings (SSSR count). The standard InChI is InChI=1S/C17H16Cl4N4S/c18-12-2-1-11(13(19)7-12)8-23-17(26)25-5-3-24(4-6-25)16-14(20)9-22-10-15(16)21/h1-2,7,9-10H,3-6,8H2,(H,23,26). The minimum absolute atomic E-state index is 0.553. The van der Waals surface area contributed by atoms with Gasteiger partial charge in [0.05, 0.1) is 15.7 Å². The van der Waals surface area contributed by atoms with Crippen molar-refractivity contribution < 1.29 is 0 Å². The molecule has 0 spiro atoms. The molecule has 1 N–H and O–H groups in total. The molecule has 0 saturated carbocycles. The van der Waals surface area contributed by atoms with Crippen molar-refractivity contribution in [3.05, 3.63) is 56.2 Å². The van der Waals surface area contributed by atoms with E-state index in [1.165, 1.54) is 0 Å². The number of benzene rings is 1. The highest BCUT2D eigenvalue weighted by molar-refractivity contribution is 7.80. The van der Waals surface area contributed by atoms with Crippen molar-refractivity contribution in [1.29, 1.82) is 0 Å². The van der Waals surface area contributed by atoms with Gasteiger partial charge < -0.3 is 15.1 Å². The molecule has 1 fully saturated rings. The minimum Gasteiger partial charge on any atom is -0.365 e. The number of pyridine rings is 1. The van der Waals surface area contributed by atoms with E-state index < -0.39 is 0 Å². The smallest absolute Gasteiger partial charge is 0.169 e. The van der Waals surface area contributed by atoms with Crippen molar-refractivity contribution in [1.82, 2.24) is 15.2 Å². The summed E-state index contributed by atoms with van der Waals surface area (Å²) in [6, 6.07) is 5.43. The molecule has 0 amide bonds. The third-order valence-corrected chi connectivity index (χ3v) is 5.70. The fraction of sp³-hybridized carbons (Fsp3) is 0.294. The van der Waals surface area contributed by atoms with E-state index in [1.807, 2.05) is 12.1 Å². The third kappa shape index (κ3) is 4.65. The Bertz CT molecular complexity index is 789. The Labute approximate surface area is 178 Å². The second-order valence-electron chi connectivity index (χ2n) is 5.82. The molecule has 9 heteroatoms. The van der Waals surface area contributed by atoms with Crippen LogP contribution in [0.15, 0.2) is 30.6 Å². The summed E-state index contributed by atoms with van der Waals surface area (Å²) < 4.78 is 0. The highest BCUT2D eigenvalue weighted by Crippen LogP contribution is 2.33. The number of thiocarbonyl (C=S) groups is 1. The van der Waals surface area contributed by atoms with E-state index in [1.54, 1.807) is 18.5 Å². The van der Waals surface area contributed by atoms with Crippen LogP contribution in [0.2, 0.25) is 20.1 Å². The van der Waals surface area contributed by atoms with Gasteiger partial charge in [-0.15, -0.1) is 0 Å². The molecule has 1 saturated heterocycles. The number of rotatable bonds is 3. The fourth-order valence-corrected chi connectivity index (χ4v) is 4.12. The molecule has 0 radical (unpaired) electrons. The van der Waals surface area contributed by atoms with Crippen LogP contribution in [-0.4, -0.2) is 41.2 Å². The lowest BCUT2D eigenvalue weighted by Gasteiger charge is -2.38. The number of anilines is 1. The van der Waals surface area contributed by atoms with Crippen molar-refractivity contribution in [2.24, 2.45) is 0 Å². The van der Waals surface area contributed by atoms with Crippen LogP contribution in [-0.2, 0) is 6.54 Å². The first-order valence-corrected chi connectivity index (χ1v) is 9.88. The zero-order valence-corrected chi connectivity index (χ0v) is 17.5. The maximum absolute atomic E-state index is 6.24. The van der Waals surface area contributed by atoms with Crippen LogP contribution in [0.4, 0.5) is 5.69 Å². The van der Waals surface area contributed by atoms with E-state index >= 15 is 0 Å². The van der Waals surface area contributed by atoms with E-state index in [4.69, 9.17) is 58.6 Å². The molecular weight excluding hydrogens is 434 g/mol. The lowest BCUT2D eigenvalue weighted by Crippen LogP contribution is -2.51. The van der Waals surface area contributed by atoms with Crippen molar-refractivity contribution in [2.75, 3.05) is 31.1 Å². The number of halogens is 4. The van der Waals surface area contributed by atoms with Gasteiger partial charge in [-0.05, 0) is 29.9 Å². The SMILES string of the molecule is S=C(NCc1ccc(Cl)cc1Cl)N1CCN(c2c(Cl)cncc2Cl)CC1. The van der Waals surface area contributed by atoms with E-state index in [0.29, 0.717) is 31.7 Å². The Morgan fingerprint density at radius 2 is 1.65 bits per heavy atom. The van der Waals surface area contributed by atoms with Gasteiger partial charge >= 0.3 is 0 Å². The summed E-state index contributed by atoms with van der Waals surface area (Å²) in [5.74, 6) is 0. The number of hydrogen-bond donors (Lipinski definition) is 1. The normalized spacial score (nSPS) is 14.5. The molecule has 2 heterocycles. The maximum atomic E-state index is 6.24. The Morgan fingerprint density at radius 3 is 2.27 bits per heavy atom. The molecule has 1 aliphatic heterocycles. The number of aromatic nitrogens is 1. The molecule has 138 valence electrons. The molecule has 26 heavy (non-hydrogen) atoms. The largest absolute Gasteiger partial charge is 0.365 e. The van der Waals surface area contributed by atoms with Crippen molar-refractivity contribution in [3.8, 4) is 0 Å². The molecule has 1 aliphatic rings. The first kappa shape index (κ1) is 19.8. The molecule has 0 aliphatic carbocycles. The Morgan fingerprint density at radius 1 is 1.00 bits per heavy atom. The highest BCUT2D eigenvalue weighted by Gasteiger charge is 2.22. The summed E-state index contributed by atoms with van der Waals surface area (Å²) in [5, 5.41) is 6.31. The predicted octanol–water partition coefficient (Wildman–Crippen LogP) is 4.89. The van der Waals surface area contributed by atoms with Crippen molar-refractivity contribution >= 4 is 69.4 Å². The lowest BCUT2D eigenvalue weighted by molar-refractivity contribution is 0.380. The number of piperazine rings is 1. The van der Waals surface area contributed by atoms with Gasteiger partial charge in [-0.2, -0.15) is 0 Å². The number of hydrogen-bond acceptors (Lipinski definition) is 3. The quantitative estimate of drug-likeness (QED) is 0.674. The van der Waals surface area contributed by atoms with Gasteiger partial charge in [-0.1, -0.05) is 52.5 Å². The summed E-state index contributed by atoms with van der Waals surface area (Å²) >= 11 is 30.1. The van der Waals surface area contributed by atoms with Gasteiger partial charge in [0.15, 0.2) is 5.11 Å². The predicted molar refractivity (Wildman–Crippen MR) is 114 cm³/mol. The number of nitrogens with one attached hydrogen (secondary N) is 1. The second-order valence-corrected chi connectivity index (χ2v) is 7.87. The van der Waals surface area contributed by atoms with E-state index in [0.717, 1.165) is 37.4 Å². The molecule has 4 nitrogen and oxygen atoms in total. The van der Waals surface area contributed by atoms with E-state index in [9.17, 15) is 0 Å². The third-order valence-electron chi connectivity index (χ3n) is 4.16. The summed E-state index contributed by atoms with van der Waals surface area (Å²) in [6.45, 7) is 3.64. The van der Waals surface area contributed by atoms with Gasteiger partial charge in [0.1, 0.15) is 0 Å². The zero-order chi connectivity index (χ0) is 18.7. The average Bonchev–Trinajstić information content (AvgIpc) is 2.61. The molecule has 1 aromatic carbocycles.